The SMILES string of the molecule is CCNC1C(=O)Nc2cc(Sc3nnc(C)s3)c(Cl)cc21. The molecule has 1 amide bonds. The van der Waals surface area contributed by atoms with Gasteiger partial charge in [0.2, 0.25) is 5.91 Å². The number of hydrogen-bond donors (Lipinski definition) is 2. The quantitative estimate of drug-likeness (QED) is 0.894. The lowest BCUT2D eigenvalue weighted by Gasteiger charge is -2.10. The number of carbonyl (C=O) groups excluding carboxylic acids is 1. The van der Waals surface area contributed by atoms with E-state index in [0.29, 0.717) is 5.02 Å². The Morgan fingerprint density at radius 2 is 2.29 bits per heavy atom. The molecular weight excluding hydrogens is 328 g/mol. The van der Waals surface area contributed by atoms with E-state index in [1.807, 2.05) is 26.0 Å². The monoisotopic (exact) mass is 340 g/mol. The van der Waals surface area contributed by atoms with Crippen molar-refractivity contribution in [1.82, 2.24) is 15.5 Å². The van der Waals surface area contributed by atoms with Gasteiger partial charge in [-0.3, -0.25) is 4.79 Å². The van der Waals surface area contributed by atoms with Crippen LogP contribution in [0.2, 0.25) is 5.02 Å². The number of aryl methyl sites for hydroxylation is 1. The second kappa shape index (κ2) is 5.92. The highest BCUT2D eigenvalue weighted by molar-refractivity contribution is 8.01. The fraction of sp³-hybridized carbons (Fsp3) is 0.308. The van der Waals surface area contributed by atoms with Crippen molar-refractivity contribution in [3.63, 3.8) is 0 Å². The summed E-state index contributed by atoms with van der Waals surface area (Å²) in [6, 6.07) is 3.41. The Kier molecular flexibility index (Phi) is 4.17. The van der Waals surface area contributed by atoms with Crippen LogP contribution in [0.3, 0.4) is 0 Å². The molecule has 1 aromatic carbocycles. The zero-order valence-electron chi connectivity index (χ0n) is 11.4. The molecule has 1 aromatic heterocycles. The molecule has 8 heteroatoms. The van der Waals surface area contributed by atoms with Crippen LogP contribution in [0.4, 0.5) is 5.69 Å². The first kappa shape index (κ1) is 14.8. The molecule has 2 N–H and O–H groups in total. The Hall–Kier alpha value is -1.15. The zero-order chi connectivity index (χ0) is 15.0. The van der Waals surface area contributed by atoms with Gasteiger partial charge in [-0.1, -0.05) is 41.6 Å². The van der Waals surface area contributed by atoms with E-state index in [1.165, 1.54) is 23.1 Å². The number of benzene rings is 1. The van der Waals surface area contributed by atoms with Crippen molar-refractivity contribution >= 4 is 46.3 Å². The summed E-state index contributed by atoms with van der Waals surface area (Å²) in [5.74, 6) is -0.0446. The highest BCUT2D eigenvalue weighted by atomic mass is 35.5. The Bertz CT molecular complexity index is 703. The van der Waals surface area contributed by atoms with Crippen LogP contribution in [-0.2, 0) is 4.79 Å². The van der Waals surface area contributed by atoms with Crippen LogP contribution in [-0.4, -0.2) is 22.6 Å². The van der Waals surface area contributed by atoms with Crippen molar-refractivity contribution < 1.29 is 4.79 Å². The molecule has 2 aromatic rings. The van der Waals surface area contributed by atoms with Crippen LogP contribution in [0.15, 0.2) is 21.4 Å². The second-order valence-corrected chi connectivity index (χ2v) is 7.42. The number of fused-ring (bicyclic) bond motifs is 1. The number of rotatable bonds is 4. The molecular formula is C13H13ClN4OS2. The van der Waals surface area contributed by atoms with Crippen LogP contribution in [0.1, 0.15) is 23.5 Å². The van der Waals surface area contributed by atoms with E-state index in [4.69, 9.17) is 11.6 Å². The number of anilines is 1. The third-order valence-corrected chi connectivity index (χ3v) is 5.42. The van der Waals surface area contributed by atoms with E-state index in [0.717, 1.165) is 32.0 Å². The highest BCUT2D eigenvalue weighted by Gasteiger charge is 2.30. The van der Waals surface area contributed by atoms with Gasteiger partial charge in [-0.2, -0.15) is 0 Å². The van der Waals surface area contributed by atoms with Crippen LogP contribution in [0, 0.1) is 6.92 Å². The molecule has 0 fully saturated rings. The third kappa shape index (κ3) is 2.91. The maximum Gasteiger partial charge on any atom is 0.246 e. The number of aromatic nitrogens is 2. The van der Waals surface area contributed by atoms with Crippen molar-refractivity contribution in [3.05, 3.63) is 27.7 Å². The largest absolute Gasteiger partial charge is 0.324 e. The van der Waals surface area contributed by atoms with Gasteiger partial charge in [0.15, 0.2) is 4.34 Å². The van der Waals surface area contributed by atoms with Crippen LogP contribution >= 0.6 is 34.7 Å². The molecule has 1 aliphatic rings. The average molecular weight is 341 g/mol. The van der Waals surface area contributed by atoms with Crippen molar-refractivity contribution in [2.75, 3.05) is 11.9 Å². The molecule has 0 aliphatic carbocycles. The summed E-state index contributed by atoms with van der Waals surface area (Å²) in [6.45, 7) is 4.60. The van der Waals surface area contributed by atoms with Gasteiger partial charge >= 0.3 is 0 Å². The number of hydrogen-bond acceptors (Lipinski definition) is 6. The van der Waals surface area contributed by atoms with E-state index >= 15 is 0 Å². The number of likely N-dealkylation sites (N-methyl/N-ethyl adjacent to an activating group) is 1. The van der Waals surface area contributed by atoms with Crippen LogP contribution in [0.25, 0.3) is 0 Å². The summed E-state index contributed by atoms with van der Waals surface area (Å²) in [5.41, 5.74) is 1.70. The lowest BCUT2D eigenvalue weighted by atomic mass is 10.1. The molecule has 0 saturated heterocycles. The van der Waals surface area contributed by atoms with Crippen molar-refractivity contribution in [1.29, 1.82) is 0 Å². The highest BCUT2D eigenvalue weighted by Crippen LogP contribution is 2.41. The summed E-state index contributed by atoms with van der Waals surface area (Å²) >= 11 is 9.32. The fourth-order valence-corrected chi connectivity index (χ4v) is 4.27. The molecule has 1 unspecified atom stereocenters. The number of halogens is 1. The fourth-order valence-electron chi connectivity index (χ4n) is 2.16. The van der Waals surface area contributed by atoms with E-state index in [9.17, 15) is 4.79 Å². The average Bonchev–Trinajstić information content (AvgIpc) is 2.96. The number of carbonyl (C=O) groups is 1. The summed E-state index contributed by atoms with van der Waals surface area (Å²) in [6.07, 6.45) is 0. The lowest BCUT2D eigenvalue weighted by Crippen LogP contribution is -2.27. The first-order valence-corrected chi connectivity index (χ1v) is 8.45. The molecule has 1 aliphatic heterocycles. The molecule has 21 heavy (non-hydrogen) atoms. The Labute approximate surface area is 135 Å². The predicted molar refractivity (Wildman–Crippen MR) is 85.3 cm³/mol. The van der Waals surface area contributed by atoms with Crippen LogP contribution < -0.4 is 10.6 Å². The van der Waals surface area contributed by atoms with Gasteiger partial charge in [-0.15, -0.1) is 10.2 Å². The van der Waals surface area contributed by atoms with Gasteiger partial charge in [0, 0.05) is 16.1 Å². The minimum absolute atomic E-state index is 0.0446. The van der Waals surface area contributed by atoms with Gasteiger partial charge in [0.25, 0.3) is 0 Å². The Balaban J connectivity index is 1.92. The molecule has 110 valence electrons. The van der Waals surface area contributed by atoms with E-state index in [2.05, 4.69) is 20.8 Å². The van der Waals surface area contributed by atoms with Gasteiger partial charge in [-0.05, 0) is 25.6 Å². The molecule has 0 bridgehead atoms. The van der Waals surface area contributed by atoms with Gasteiger partial charge in [-0.25, -0.2) is 0 Å². The molecule has 5 nitrogen and oxygen atoms in total. The summed E-state index contributed by atoms with van der Waals surface area (Å²) < 4.78 is 0.835. The van der Waals surface area contributed by atoms with Gasteiger partial charge < -0.3 is 10.6 Å². The van der Waals surface area contributed by atoms with Gasteiger partial charge in [0.1, 0.15) is 11.0 Å². The van der Waals surface area contributed by atoms with Crippen LogP contribution in [0.5, 0.6) is 0 Å². The Morgan fingerprint density at radius 3 is 2.95 bits per heavy atom. The normalized spacial score (nSPS) is 16.9. The standard InChI is InChI=1S/C13H13ClN4OS2/c1-3-15-11-7-4-8(14)10(5-9(7)16-12(11)19)21-13-18-17-6(2)20-13/h4-5,11,15H,3H2,1-2H3,(H,16,19). The van der Waals surface area contributed by atoms with Crippen molar-refractivity contribution in [2.45, 2.75) is 29.1 Å². The van der Waals surface area contributed by atoms with E-state index in [1.54, 1.807) is 0 Å². The molecule has 1 atom stereocenters. The minimum Gasteiger partial charge on any atom is -0.324 e. The number of nitrogens with one attached hydrogen (secondary N) is 2. The first-order valence-electron chi connectivity index (χ1n) is 6.44. The topological polar surface area (TPSA) is 66.9 Å². The summed E-state index contributed by atoms with van der Waals surface area (Å²) in [4.78, 5) is 12.8. The minimum atomic E-state index is -0.328. The summed E-state index contributed by atoms with van der Waals surface area (Å²) in [5, 5.41) is 15.6. The third-order valence-electron chi connectivity index (χ3n) is 3.05. The van der Waals surface area contributed by atoms with Crippen molar-refractivity contribution in [2.24, 2.45) is 0 Å². The maximum atomic E-state index is 12.0. The predicted octanol–water partition coefficient (Wildman–Crippen LogP) is 3.25. The van der Waals surface area contributed by atoms with E-state index < -0.39 is 0 Å². The number of amides is 1. The van der Waals surface area contributed by atoms with Crippen molar-refractivity contribution in [3.8, 4) is 0 Å². The Morgan fingerprint density at radius 1 is 1.48 bits per heavy atom. The van der Waals surface area contributed by atoms with E-state index in [-0.39, 0.29) is 11.9 Å². The molecule has 2 heterocycles. The number of nitrogens with zero attached hydrogens (tertiary/aromatic N) is 2. The molecule has 0 saturated carbocycles. The summed E-state index contributed by atoms with van der Waals surface area (Å²) in [7, 11) is 0. The van der Waals surface area contributed by atoms with Gasteiger partial charge in [0.05, 0.1) is 5.02 Å². The second-order valence-electron chi connectivity index (χ2n) is 4.54. The zero-order valence-corrected chi connectivity index (χ0v) is 13.8. The molecule has 0 spiro atoms. The lowest BCUT2D eigenvalue weighted by molar-refractivity contribution is -0.117. The smallest absolute Gasteiger partial charge is 0.246 e. The maximum absolute atomic E-state index is 12.0. The first-order chi connectivity index (χ1) is 10.1. The molecule has 0 radical (unpaired) electrons. The molecule has 3 rings (SSSR count).